The van der Waals surface area contributed by atoms with E-state index in [9.17, 15) is 19.5 Å². The van der Waals surface area contributed by atoms with E-state index in [2.05, 4.69) is 15.5 Å². The first-order valence-corrected chi connectivity index (χ1v) is 7.12. The number of tetrazole rings is 1. The zero-order chi connectivity index (χ0) is 17.3. The molecule has 0 aliphatic carbocycles. The number of hydrogen-bond donors (Lipinski definition) is 1. The molecular weight excluding hydrogens is 314 g/mol. The van der Waals surface area contributed by atoms with Crippen LogP contribution >= 0.6 is 0 Å². The van der Waals surface area contributed by atoms with E-state index in [1.165, 1.54) is 17.1 Å². The van der Waals surface area contributed by atoms with Crippen LogP contribution in [0.1, 0.15) is 24.0 Å². The molecule has 1 aromatic heterocycles. The van der Waals surface area contributed by atoms with E-state index >= 15 is 0 Å². The highest BCUT2D eigenvalue weighted by Crippen LogP contribution is 2.24. The van der Waals surface area contributed by atoms with Gasteiger partial charge in [-0.3, -0.25) is 9.59 Å². The number of carbonyl (C=O) groups is 3. The molecular formula is C15H13N5O4. The highest BCUT2D eigenvalue weighted by atomic mass is 16.4. The van der Waals surface area contributed by atoms with Crippen molar-refractivity contribution in [3.8, 4) is 5.69 Å². The molecule has 1 saturated heterocycles. The number of hydrogen-bond acceptors (Lipinski definition) is 6. The van der Waals surface area contributed by atoms with Crippen LogP contribution in [-0.4, -0.2) is 48.0 Å². The monoisotopic (exact) mass is 327 g/mol. The van der Waals surface area contributed by atoms with E-state index in [4.69, 9.17) is 0 Å². The summed E-state index contributed by atoms with van der Waals surface area (Å²) in [6.07, 6.45) is 2.68. The molecule has 1 aromatic carbocycles. The number of imide groups is 1. The van der Waals surface area contributed by atoms with Gasteiger partial charge in [0, 0.05) is 18.4 Å². The van der Waals surface area contributed by atoms with Crippen molar-refractivity contribution in [3.63, 3.8) is 0 Å². The zero-order valence-corrected chi connectivity index (χ0v) is 12.7. The van der Waals surface area contributed by atoms with Gasteiger partial charge in [-0.25, -0.2) is 9.69 Å². The number of amides is 2. The molecule has 3 rings (SSSR count). The Morgan fingerprint density at radius 1 is 1.25 bits per heavy atom. The number of aliphatic carboxylic acids is 1. The lowest BCUT2D eigenvalue weighted by molar-refractivity contribution is -0.143. The second-order valence-corrected chi connectivity index (χ2v) is 5.27. The van der Waals surface area contributed by atoms with Gasteiger partial charge in [-0.2, -0.15) is 4.68 Å². The van der Waals surface area contributed by atoms with Gasteiger partial charge < -0.3 is 5.11 Å². The molecule has 1 N–H and O–H groups in total. The van der Waals surface area contributed by atoms with Crippen molar-refractivity contribution in [3.05, 3.63) is 41.4 Å². The molecule has 1 fully saturated rings. The largest absolute Gasteiger partial charge is 0.477 e. The first-order valence-electron chi connectivity index (χ1n) is 7.12. The van der Waals surface area contributed by atoms with E-state index in [1.54, 1.807) is 12.1 Å². The molecule has 0 unspecified atom stereocenters. The number of carbonyl (C=O) groups excluding carboxylic acids is 2. The Hall–Kier alpha value is -3.36. The van der Waals surface area contributed by atoms with Crippen LogP contribution in [0.4, 0.5) is 0 Å². The van der Waals surface area contributed by atoms with Crippen molar-refractivity contribution >= 4 is 23.9 Å². The fourth-order valence-electron chi connectivity index (χ4n) is 2.48. The molecule has 122 valence electrons. The second-order valence-electron chi connectivity index (χ2n) is 5.27. The maximum Gasteiger partial charge on any atom is 0.353 e. The Bertz CT molecular complexity index is 841. The van der Waals surface area contributed by atoms with E-state index in [0.717, 1.165) is 5.56 Å². The molecule has 2 amide bonds. The molecule has 1 aliphatic heterocycles. The molecule has 0 radical (unpaired) electrons. The lowest BCUT2D eigenvalue weighted by Crippen LogP contribution is -2.32. The Balaban J connectivity index is 2.14. The van der Waals surface area contributed by atoms with Crippen LogP contribution in [-0.2, 0) is 14.4 Å². The van der Waals surface area contributed by atoms with Crippen molar-refractivity contribution in [1.82, 2.24) is 25.1 Å². The predicted octanol–water partition coefficient (Wildman–Crippen LogP) is 0.545. The van der Waals surface area contributed by atoms with Gasteiger partial charge in [-0.15, -0.1) is 5.10 Å². The molecule has 1 aliphatic rings. The van der Waals surface area contributed by atoms with Crippen molar-refractivity contribution in [2.45, 2.75) is 19.8 Å². The minimum absolute atomic E-state index is 0.0110. The van der Waals surface area contributed by atoms with Crippen molar-refractivity contribution < 1.29 is 19.5 Å². The van der Waals surface area contributed by atoms with Gasteiger partial charge in [0.15, 0.2) is 0 Å². The molecule has 2 heterocycles. The van der Waals surface area contributed by atoms with Gasteiger partial charge in [-0.05, 0) is 35.6 Å². The highest BCUT2D eigenvalue weighted by molar-refractivity contribution is 6.10. The average Bonchev–Trinajstić information content (AvgIpc) is 3.16. The Kier molecular flexibility index (Phi) is 3.90. The molecule has 2 aromatic rings. The quantitative estimate of drug-likeness (QED) is 0.643. The number of benzene rings is 1. The summed E-state index contributed by atoms with van der Waals surface area (Å²) in [6, 6.07) is 5.27. The fraction of sp³-hybridized carbons (Fsp3) is 0.200. The van der Waals surface area contributed by atoms with E-state index < -0.39 is 17.8 Å². The van der Waals surface area contributed by atoms with Crippen LogP contribution in [0.15, 0.2) is 30.2 Å². The maximum absolute atomic E-state index is 11.9. The van der Waals surface area contributed by atoms with E-state index in [-0.39, 0.29) is 18.5 Å². The van der Waals surface area contributed by atoms with Gasteiger partial charge >= 0.3 is 5.97 Å². The summed E-state index contributed by atoms with van der Waals surface area (Å²) >= 11 is 0. The molecule has 0 bridgehead atoms. The van der Waals surface area contributed by atoms with Gasteiger partial charge in [0.25, 0.3) is 0 Å². The summed E-state index contributed by atoms with van der Waals surface area (Å²) in [6.45, 7) is 1.84. The number of nitrogens with zero attached hydrogens (tertiary/aromatic N) is 5. The minimum Gasteiger partial charge on any atom is -0.477 e. The van der Waals surface area contributed by atoms with Crippen molar-refractivity contribution in [2.75, 3.05) is 0 Å². The summed E-state index contributed by atoms with van der Waals surface area (Å²) in [7, 11) is 0. The lowest BCUT2D eigenvalue weighted by atomic mass is 10.1. The summed E-state index contributed by atoms with van der Waals surface area (Å²) in [5.74, 6) is -2.40. The molecule has 0 atom stereocenters. The molecule has 9 nitrogen and oxygen atoms in total. The third kappa shape index (κ3) is 2.78. The topological polar surface area (TPSA) is 118 Å². The SMILES string of the molecule is Cc1ccc(-n2cnnn2)c(/C=C(/C(=O)O)N2C(=O)CCC2=O)c1. The van der Waals surface area contributed by atoms with Crippen molar-refractivity contribution in [2.24, 2.45) is 0 Å². The summed E-state index contributed by atoms with van der Waals surface area (Å²) in [5.41, 5.74) is 1.50. The van der Waals surface area contributed by atoms with Crippen LogP contribution in [0, 0.1) is 6.92 Å². The van der Waals surface area contributed by atoms with Crippen LogP contribution in [0.2, 0.25) is 0 Å². The van der Waals surface area contributed by atoms with Gasteiger partial charge in [0.1, 0.15) is 12.0 Å². The Morgan fingerprint density at radius 2 is 1.96 bits per heavy atom. The predicted molar refractivity (Wildman–Crippen MR) is 80.6 cm³/mol. The average molecular weight is 327 g/mol. The standard InChI is InChI=1S/C15H13N5O4/c1-9-2-3-11(19-8-16-17-18-19)10(6-9)7-12(15(23)24)20-13(21)4-5-14(20)22/h2-3,6-8H,4-5H2,1H3,(H,23,24)/b12-7-. The number of likely N-dealkylation sites (tertiary alicyclic amines) is 1. The van der Waals surface area contributed by atoms with Crippen LogP contribution in [0.5, 0.6) is 0 Å². The van der Waals surface area contributed by atoms with Gasteiger partial charge in [0.05, 0.1) is 5.69 Å². The van der Waals surface area contributed by atoms with E-state index in [0.29, 0.717) is 16.2 Å². The van der Waals surface area contributed by atoms with Crippen LogP contribution in [0.3, 0.4) is 0 Å². The first kappa shape index (κ1) is 15.5. The van der Waals surface area contributed by atoms with Crippen LogP contribution < -0.4 is 0 Å². The third-order valence-electron chi connectivity index (χ3n) is 3.58. The third-order valence-corrected chi connectivity index (χ3v) is 3.58. The Morgan fingerprint density at radius 3 is 2.54 bits per heavy atom. The minimum atomic E-state index is -1.36. The zero-order valence-electron chi connectivity index (χ0n) is 12.7. The molecule has 0 spiro atoms. The smallest absolute Gasteiger partial charge is 0.353 e. The van der Waals surface area contributed by atoms with E-state index in [1.807, 2.05) is 13.0 Å². The number of aromatic nitrogens is 4. The molecule has 9 heteroatoms. The van der Waals surface area contributed by atoms with Crippen LogP contribution in [0.25, 0.3) is 11.8 Å². The highest BCUT2D eigenvalue weighted by Gasteiger charge is 2.35. The summed E-state index contributed by atoms with van der Waals surface area (Å²) in [4.78, 5) is 36.0. The normalized spacial score (nSPS) is 15.2. The van der Waals surface area contributed by atoms with Gasteiger partial charge in [-0.1, -0.05) is 11.6 Å². The first-order chi connectivity index (χ1) is 11.5. The molecule has 0 saturated carbocycles. The van der Waals surface area contributed by atoms with Crippen molar-refractivity contribution in [1.29, 1.82) is 0 Å². The molecule has 24 heavy (non-hydrogen) atoms. The number of carboxylic acids is 1. The second kappa shape index (κ2) is 6.03. The number of carboxylic acid groups (broad SMARTS) is 1. The number of rotatable bonds is 4. The maximum atomic E-state index is 11.9. The lowest BCUT2D eigenvalue weighted by Gasteiger charge is -2.15. The Labute approximate surface area is 136 Å². The summed E-state index contributed by atoms with van der Waals surface area (Å²) in [5, 5.41) is 20.4. The number of aryl methyl sites for hydroxylation is 1. The summed E-state index contributed by atoms with van der Waals surface area (Å²) < 4.78 is 1.37. The van der Waals surface area contributed by atoms with Gasteiger partial charge in [0.2, 0.25) is 11.8 Å². The fourth-order valence-corrected chi connectivity index (χ4v) is 2.48.